The number of aromatic amines is 1. The fourth-order valence-corrected chi connectivity index (χ4v) is 4.28. The topological polar surface area (TPSA) is 72.4 Å². The second-order valence-corrected chi connectivity index (χ2v) is 8.17. The molecular formula is C24H23ClN4O3. The number of methoxy groups -OCH3 is 1. The molecule has 1 fully saturated rings. The van der Waals surface area contributed by atoms with Crippen molar-refractivity contribution in [1.29, 1.82) is 0 Å². The average Bonchev–Trinajstić information content (AvgIpc) is 3.24. The monoisotopic (exact) mass is 450 g/mol. The number of H-pyrrole nitrogens is 1. The number of morpholine rings is 1. The smallest absolute Gasteiger partial charge is 0.251 e. The number of fused-ring (bicyclic) bond motifs is 1. The molecule has 4 aromatic rings. The number of hydrogen-bond donors (Lipinski definition) is 1. The van der Waals surface area contributed by atoms with E-state index in [1.807, 2.05) is 30.6 Å². The first-order chi connectivity index (χ1) is 15.6. The molecule has 3 aromatic heterocycles. The van der Waals surface area contributed by atoms with Crippen molar-refractivity contribution in [3.63, 3.8) is 0 Å². The summed E-state index contributed by atoms with van der Waals surface area (Å²) in [7, 11) is 1.61. The standard InChI is InChI=1S/C24H23ClN4O3/c1-31-22-3-2-18(25)10-17(22)15-29-5-4-16(11-23(29)30)21-14-27-24-20(21)12-19(13-26-24)28-6-8-32-9-7-28/h2-5,10-14H,6-9,15H2,1H3,(H,26,27). The molecule has 0 radical (unpaired) electrons. The summed E-state index contributed by atoms with van der Waals surface area (Å²) in [6, 6.07) is 11.1. The maximum absolute atomic E-state index is 12.9. The number of hydrogen-bond acceptors (Lipinski definition) is 5. The number of aromatic nitrogens is 3. The van der Waals surface area contributed by atoms with Crippen LogP contribution < -0.4 is 15.2 Å². The zero-order chi connectivity index (χ0) is 22.1. The summed E-state index contributed by atoms with van der Waals surface area (Å²) in [6.45, 7) is 3.49. The lowest BCUT2D eigenvalue weighted by Gasteiger charge is -2.28. The first kappa shape index (κ1) is 20.6. The quantitative estimate of drug-likeness (QED) is 0.498. The van der Waals surface area contributed by atoms with E-state index >= 15 is 0 Å². The second-order valence-electron chi connectivity index (χ2n) is 7.73. The number of anilines is 1. The van der Waals surface area contributed by atoms with Gasteiger partial charge in [0.25, 0.3) is 5.56 Å². The van der Waals surface area contributed by atoms with E-state index in [9.17, 15) is 4.79 Å². The van der Waals surface area contributed by atoms with Gasteiger partial charge in [-0.3, -0.25) is 4.79 Å². The molecule has 1 aliphatic rings. The molecule has 1 N–H and O–H groups in total. The van der Waals surface area contributed by atoms with Crippen LogP contribution in [0.15, 0.2) is 59.8 Å². The molecule has 5 rings (SSSR count). The second kappa shape index (κ2) is 8.68. The van der Waals surface area contributed by atoms with Crippen molar-refractivity contribution in [3.05, 3.63) is 75.9 Å². The Balaban J connectivity index is 1.47. The molecule has 0 spiro atoms. The van der Waals surface area contributed by atoms with Gasteiger partial charge in [0.15, 0.2) is 0 Å². The van der Waals surface area contributed by atoms with E-state index in [1.165, 1.54) is 0 Å². The maximum atomic E-state index is 12.9. The summed E-state index contributed by atoms with van der Waals surface area (Å²) in [5.41, 5.74) is 4.40. The first-order valence-corrected chi connectivity index (χ1v) is 10.8. The van der Waals surface area contributed by atoms with E-state index in [0.29, 0.717) is 30.5 Å². The highest BCUT2D eigenvalue weighted by atomic mass is 35.5. The lowest BCUT2D eigenvalue weighted by atomic mass is 10.1. The molecule has 1 aromatic carbocycles. The van der Waals surface area contributed by atoms with Crippen LogP contribution in [0.4, 0.5) is 5.69 Å². The Bertz CT molecular complexity index is 1320. The summed E-state index contributed by atoms with van der Waals surface area (Å²) < 4.78 is 12.5. The minimum Gasteiger partial charge on any atom is -0.496 e. The number of ether oxygens (including phenoxy) is 2. The normalized spacial score (nSPS) is 14.1. The number of pyridine rings is 2. The Hall–Kier alpha value is -3.29. The van der Waals surface area contributed by atoms with Crippen molar-refractivity contribution in [2.45, 2.75) is 6.54 Å². The zero-order valence-electron chi connectivity index (χ0n) is 17.7. The van der Waals surface area contributed by atoms with Crippen LogP contribution in [0.3, 0.4) is 0 Å². The van der Waals surface area contributed by atoms with E-state index in [1.54, 1.807) is 30.0 Å². The van der Waals surface area contributed by atoms with Gasteiger partial charge in [-0.15, -0.1) is 0 Å². The average molecular weight is 451 g/mol. The predicted octanol–water partition coefficient (Wildman–Crippen LogP) is 3.94. The van der Waals surface area contributed by atoms with Crippen LogP contribution in [0.25, 0.3) is 22.2 Å². The van der Waals surface area contributed by atoms with Gasteiger partial charge < -0.3 is 23.9 Å². The van der Waals surface area contributed by atoms with E-state index in [2.05, 4.69) is 20.9 Å². The van der Waals surface area contributed by atoms with Gasteiger partial charge in [-0.1, -0.05) is 11.6 Å². The summed E-state index contributed by atoms with van der Waals surface area (Å²) in [5.74, 6) is 0.698. The lowest BCUT2D eigenvalue weighted by molar-refractivity contribution is 0.122. The highest BCUT2D eigenvalue weighted by Crippen LogP contribution is 2.30. The molecule has 32 heavy (non-hydrogen) atoms. The van der Waals surface area contributed by atoms with Crippen LogP contribution in [-0.4, -0.2) is 47.9 Å². The lowest BCUT2D eigenvalue weighted by Crippen LogP contribution is -2.36. The van der Waals surface area contributed by atoms with Gasteiger partial charge >= 0.3 is 0 Å². The summed E-state index contributed by atoms with van der Waals surface area (Å²) >= 11 is 6.13. The van der Waals surface area contributed by atoms with Crippen molar-refractivity contribution in [1.82, 2.24) is 14.5 Å². The van der Waals surface area contributed by atoms with Crippen molar-refractivity contribution < 1.29 is 9.47 Å². The van der Waals surface area contributed by atoms with Crippen molar-refractivity contribution in [3.8, 4) is 16.9 Å². The molecule has 0 bridgehead atoms. The van der Waals surface area contributed by atoms with Crippen LogP contribution in [0.2, 0.25) is 5.02 Å². The third-order valence-corrected chi connectivity index (χ3v) is 6.02. The molecule has 0 aliphatic carbocycles. The largest absolute Gasteiger partial charge is 0.496 e. The first-order valence-electron chi connectivity index (χ1n) is 10.5. The number of nitrogens with zero attached hydrogens (tertiary/aromatic N) is 3. The minimum atomic E-state index is -0.101. The molecule has 0 saturated carbocycles. The van der Waals surface area contributed by atoms with Crippen LogP contribution >= 0.6 is 11.6 Å². The van der Waals surface area contributed by atoms with E-state index < -0.39 is 0 Å². The Morgan fingerprint density at radius 2 is 2.03 bits per heavy atom. The third-order valence-electron chi connectivity index (χ3n) is 5.78. The van der Waals surface area contributed by atoms with Crippen LogP contribution in [0.1, 0.15) is 5.56 Å². The SMILES string of the molecule is COc1ccc(Cl)cc1Cn1ccc(-c2c[nH]c3ncc(N4CCOCC4)cc23)cc1=O. The Morgan fingerprint density at radius 3 is 2.81 bits per heavy atom. The molecule has 4 heterocycles. The third kappa shape index (κ3) is 3.97. The molecule has 0 unspecified atom stereocenters. The summed E-state index contributed by atoms with van der Waals surface area (Å²) in [4.78, 5) is 23.0. The number of benzene rings is 1. The Morgan fingerprint density at radius 1 is 1.19 bits per heavy atom. The van der Waals surface area contributed by atoms with Crippen molar-refractivity contribution >= 4 is 28.3 Å². The van der Waals surface area contributed by atoms with Gasteiger partial charge in [-0.25, -0.2) is 4.98 Å². The Kier molecular flexibility index (Phi) is 5.59. The maximum Gasteiger partial charge on any atom is 0.251 e. The summed E-state index contributed by atoms with van der Waals surface area (Å²) in [5, 5.41) is 1.59. The van der Waals surface area contributed by atoms with E-state index in [4.69, 9.17) is 21.1 Å². The van der Waals surface area contributed by atoms with Crippen molar-refractivity contribution in [2.75, 3.05) is 38.3 Å². The van der Waals surface area contributed by atoms with Gasteiger partial charge in [0.1, 0.15) is 11.4 Å². The number of rotatable bonds is 5. The fraction of sp³-hybridized carbons (Fsp3) is 0.250. The molecule has 164 valence electrons. The van der Waals surface area contributed by atoms with Gasteiger partial charge in [0, 0.05) is 53.1 Å². The molecule has 1 saturated heterocycles. The molecule has 0 atom stereocenters. The number of halogens is 1. The summed E-state index contributed by atoms with van der Waals surface area (Å²) in [6.07, 6.45) is 5.58. The van der Waals surface area contributed by atoms with Crippen LogP contribution in [0, 0.1) is 0 Å². The van der Waals surface area contributed by atoms with Gasteiger partial charge in [0.2, 0.25) is 0 Å². The molecule has 7 nitrogen and oxygen atoms in total. The number of nitrogens with one attached hydrogen (secondary N) is 1. The Labute approximate surface area is 190 Å². The van der Waals surface area contributed by atoms with Crippen LogP contribution in [-0.2, 0) is 11.3 Å². The van der Waals surface area contributed by atoms with Gasteiger partial charge in [0.05, 0.1) is 38.8 Å². The molecule has 0 amide bonds. The van der Waals surface area contributed by atoms with Crippen molar-refractivity contribution in [2.24, 2.45) is 0 Å². The zero-order valence-corrected chi connectivity index (χ0v) is 18.4. The highest BCUT2D eigenvalue weighted by Gasteiger charge is 2.15. The minimum absolute atomic E-state index is 0.101. The van der Waals surface area contributed by atoms with E-state index in [-0.39, 0.29) is 5.56 Å². The molecule has 1 aliphatic heterocycles. The van der Waals surface area contributed by atoms with Gasteiger partial charge in [-0.05, 0) is 35.9 Å². The highest BCUT2D eigenvalue weighted by molar-refractivity contribution is 6.30. The van der Waals surface area contributed by atoms with E-state index in [0.717, 1.165) is 46.5 Å². The van der Waals surface area contributed by atoms with Gasteiger partial charge in [-0.2, -0.15) is 0 Å². The fourth-order valence-electron chi connectivity index (χ4n) is 4.09. The molecule has 8 heteroatoms. The molecular weight excluding hydrogens is 428 g/mol. The van der Waals surface area contributed by atoms with Crippen LogP contribution in [0.5, 0.6) is 5.75 Å². The predicted molar refractivity (Wildman–Crippen MR) is 126 cm³/mol.